The SMILES string of the molecule is CNS(=O)(=O)c1ccc(/C=C/C(=O)Nc2ccccc2C(=O)NCCC(N)=O)cc1. The van der Waals surface area contributed by atoms with E-state index in [4.69, 9.17) is 5.73 Å². The molecular weight excluding hydrogens is 408 g/mol. The number of anilines is 1. The Balaban J connectivity index is 2.04. The van der Waals surface area contributed by atoms with Crippen molar-refractivity contribution in [3.05, 3.63) is 65.7 Å². The number of nitrogens with two attached hydrogens (primary N) is 1. The predicted molar refractivity (Wildman–Crippen MR) is 113 cm³/mol. The van der Waals surface area contributed by atoms with Crippen LogP contribution in [0.4, 0.5) is 5.69 Å². The molecule has 0 unspecified atom stereocenters. The number of amides is 3. The van der Waals surface area contributed by atoms with Crippen LogP contribution in [0.2, 0.25) is 0 Å². The number of nitrogens with one attached hydrogen (secondary N) is 3. The molecule has 2 aromatic carbocycles. The number of benzene rings is 2. The third-order valence-corrected chi connectivity index (χ3v) is 5.40. The standard InChI is InChI=1S/C20H22N4O5S/c1-22-30(28,29)15-9-6-14(7-10-15)8-11-19(26)24-17-5-3-2-4-16(17)20(27)23-13-12-18(21)25/h2-11,22H,12-13H2,1H3,(H2,21,25)(H,23,27)(H,24,26)/b11-8+. The van der Waals surface area contributed by atoms with Crippen LogP contribution in [0, 0.1) is 0 Å². The summed E-state index contributed by atoms with van der Waals surface area (Å²) in [7, 11) is -2.21. The molecule has 30 heavy (non-hydrogen) atoms. The predicted octanol–water partition coefficient (Wildman–Crippen LogP) is 0.852. The van der Waals surface area contributed by atoms with Gasteiger partial charge in [0, 0.05) is 19.0 Å². The van der Waals surface area contributed by atoms with Crippen molar-refractivity contribution in [2.45, 2.75) is 11.3 Å². The average Bonchev–Trinajstić information content (AvgIpc) is 2.72. The molecule has 3 amide bonds. The highest BCUT2D eigenvalue weighted by Gasteiger charge is 2.12. The van der Waals surface area contributed by atoms with Gasteiger partial charge in [-0.15, -0.1) is 0 Å². The zero-order valence-electron chi connectivity index (χ0n) is 16.2. The molecule has 2 rings (SSSR count). The van der Waals surface area contributed by atoms with Gasteiger partial charge in [0.25, 0.3) is 5.91 Å². The molecule has 5 N–H and O–H groups in total. The van der Waals surface area contributed by atoms with Crippen molar-refractivity contribution in [1.82, 2.24) is 10.0 Å². The van der Waals surface area contributed by atoms with Crippen molar-refractivity contribution < 1.29 is 22.8 Å². The molecule has 0 saturated carbocycles. The van der Waals surface area contributed by atoms with Gasteiger partial charge >= 0.3 is 0 Å². The lowest BCUT2D eigenvalue weighted by Gasteiger charge is -2.10. The average molecular weight is 430 g/mol. The van der Waals surface area contributed by atoms with E-state index in [1.165, 1.54) is 31.3 Å². The molecule has 0 heterocycles. The minimum atomic E-state index is -3.53. The molecule has 2 aromatic rings. The van der Waals surface area contributed by atoms with E-state index in [1.54, 1.807) is 36.4 Å². The number of para-hydroxylation sites is 1. The fourth-order valence-electron chi connectivity index (χ4n) is 2.41. The monoisotopic (exact) mass is 430 g/mol. The first-order valence-electron chi connectivity index (χ1n) is 8.91. The van der Waals surface area contributed by atoms with E-state index in [0.717, 1.165) is 0 Å². The molecule has 0 aliphatic rings. The minimum Gasteiger partial charge on any atom is -0.370 e. The normalized spacial score (nSPS) is 11.2. The van der Waals surface area contributed by atoms with Crippen LogP contribution in [-0.4, -0.2) is 39.7 Å². The first-order valence-corrected chi connectivity index (χ1v) is 10.4. The van der Waals surface area contributed by atoms with Gasteiger partial charge in [-0.25, -0.2) is 13.1 Å². The molecule has 0 aromatic heterocycles. The van der Waals surface area contributed by atoms with E-state index >= 15 is 0 Å². The maximum absolute atomic E-state index is 12.3. The molecule has 0 aliphatic heterocycles. The Hall–Kier alpha value is -3.50. The Kier molecular flexibility index (Phi) is 7.84. The Morgan fingerprint density at radius 1 is 1.03 bits per heavy atom. The van der Waals surface area contributed by atoms with Crippen LogP contribution in [-0.2, 0) is 19.6 Å². The van der Waals surface area contributed by atoms with Gasteiger partial charge in [-0.2, -0.15) is 0 Å². The summed E-state index contributed by atoms with van der Waals surface area (Å²) in [6, 6.07) is 12.4. The number of primary amides is 1. The Morgan fingerprint density at radius 3 is 2.33 bits per heavy atom. The molecule has 158 valence electrons. The van der Waals surface area contributed by atoms with Gasteiger partial charge in [0.1, 0.15) is 0 Å². The molecule has 9 nitrogen and oxygen atoms in total. The lowest BCUT2D eigenvalue weighted by atomic mass is 10.1. The Bertz CT molecular complexity index is 1060. The van der Waals surface area contributed by atoms with Gasteiger partial charge in [-0.1, -0.05) is 24.3 Å². The van der Waals surface area contributed by atoms with Gasteiger partial charge in [0.2, 0.25) is 21.8 Å². The summed E-state index contributed by atoms with van der Waals surface area (Å²) >= 11 is 0. The number of carbonyl (C=O) groups is 3. The van der Waals surface area contributed by atoms with Crippen molar-refractivity contribution in [2.75, 3.05) is 18.9 Å². The second kappa shape index (κ2) is 10.3. The highest BCUT2D eigenvalue weighted by molar-refractivity contribution is 7.89. The zero-order chi connectivity index (χ0) is 22.1. The molecular formula is C20H22N4O5S. The minimum absolute atomic E-state index is 0.0113. The van der Waals surface area contributed by atoms with Crippen LogP contribution in [0.25, 0.3) is 6.08 Å². The smallest absolute Gasteiger partial charge is 0.253 e. The van der Waals surface area contributed by atoms with Crippen molar-refractivity contribution in [1.29, 1.82) is 0 Å². The molecule has 0 radical (unpaired) electrons. The van der Waals surface area contributed by atoms with E-state index in [1.807, 2.05) is 0 Å². The van der Waals surface area contributed by atoms with E-state index in [9.17, 15) is 22.8 Å². The molecule has 0 aliphatic carbocycles. The topological polar surface area (TPSA) is 147 Å². The van der Waals surface area contributed by atoms with E-state index in [2.05, 4.69) is 15.4 Å². The summed E-state index contributed by atoms with van der Waals surface area (Å²) in [4.78, 5) is 35.4. The quantitative estimate of drug-likeness (QED) is 0.436. The third kappa shape index (κ3) is 6.54. The second-order valence-corrected chi connectivity index (χ2v) is 8.00. The van der Waals surface area contributed by atoms with E-state index in [-0.39, 0.29) is 23.4 Å². The third-order valence-electron chi connectivity index (χ3n) is 3.97. The highest BCUT2D eigenvalue weighted by Crippen LogP contribution is 2.16. The number of rotatable bonds is 9. The van der Waals surface area contributed by atoms with Crippen molar-refractivity contribution >= 4 is 39.5 Å². The van der Waals surface area contributed by atoms with Crippen LogP contribution < -0.4 is 21.1 Å². The maximum atomic E-state index is 12.3. The molecule has 0 saturated heterocycles. The van der Waals surface area contributed by atoms with Crippen molar-refractivity contribution in [3.63, 3.8) is 0 Å². The van der Waals surface area contributed by atoms with Crippen molar-refractivity contribution in [3.8, 4) is 0 Å². The molecule has 0 spiro atoms. The summed E-state index contributed by atoms with van der Waals surface area (Å²) in [5, 5.41) is 5.18. The number of sulfonamides is 1. The van der Waals surface area contributed by atoms with Crippen molar-refractivity contribution in [2.24, 2.45) is 5.73 Å². The van der Waals surface area contributed by atoms with Crippen LogP contribution in [0.1, 0.15) is 22.3 Å². The molecule has 0 fully saturated rings. The van der Waals surface area contributed by atoms with E-state index < -0.39 is 27.7 Å². The summed E-state index contributed by atoms with van der Waals surface area (Å²) in [5.74, 6) is -1.45. The summed E-state index contributed by atoms with van der Waals surface area (Å²) in [5.41, 5.74) is 6.21. The van der Waals surface area contributed by atoms with Gasteiger partial charge in [0.05, 0.1) is 16.1 Å². The zero-order valence-corrected chi connectivity index (χ0v) is 17.0. The first-order chi connectivity index (χ1) is 14.2. The van der Waals surface area contributed by atoms with Gasteiger partial charge in [-0.05, 0) is 43.0 Å². The largest absolute Gasteiger partial charge is 0.370 e. The number of hydrogen-bond donors (Lipinski definition) is 4. The first kappa shape index (κ1) is 22.8. The Morgan fingerprint density at radius 2 is 1.70 bits per heavy atom. The molecule has 0 bridgehead atoms. The molecule has 10 heteroatoms. The summed E-state index contributed by atoms with van der Waals surface area (Å²) in [6.45, 7) is 0.0929. The van der Waals surface area contributed by atoms with E-state index in [0.29, 0.717) is 11.3 Å². The van der Waals surface area contributed by atoms with Gasteiger partial charge in [0.15, 0.2) is 0 Å². The van der Waals surface area contributed by atoms with Crippen LogP contribution in [0.15, 0.2) is 59.5 Å². The Labute approximate surface area is 174 Å². The number of hydrogen-bond acceptors (Lipinski definition) is 5. The summed E-state index contributed by atoms with van der Waals surface area (Å²) in [6.07, 6.45) is 2.79. The number of carbonyl (C=O) groups excluding carboxylic acids is 3. The lowest BCUT2D eigenvalue weighted by molar-refractivity contribution is -0.118. The second-order valence-electron chi connectivity index (χ2n) is 6.12. The summed E-state index contributed by atoms with van der Waals surface area (Å²) < 4.78 is 25.7. The van der Waals surface area contributed by atoms with Gasteiger partial charge < -0.3 is 16.4 Å². The fraction of sp³-hybridized carbons (Fsp3) is 0.150. The maximum Gasteiger partial charge on any atom is 0.253 e. The van der Waals surface area contributed by atoms with Crippen LogP contribution in [0.3, 0.4) is 0 Å². The fourth-order valence-corrected chi connectivity index (χ4v) is 3.14. The lowest BCUT2D eigenvalue weighted by Crippen LogP contribution is -2.28. The highest BCUT2D eigenvalue weighted by atomic mass is 32.2. The van der Waals surface area contributed by atoms with Crippen LogP contribution in [0.5, 0.6) is 0 Å². The van der Waals surface area contributed by atoms with Gasteiger partial charge in [-0.3, -0.25) is 14.4 Å². The molecule has 0 atom stereocenters. The van der Waals surface area contributed by atoms with Crippen LogP contribution >= 0.6 is 0 Å².